The molecule has 1 saturated heterocycles. The average molecular weight is 294 g/mol. The molecule has 6 nitrogen and oxygen atoms in total. The summed E-state index contributed by atoms with van der Waals surface area (Å²) in [5.41, 5.74) is 0.632. The maximum atomic E-state index is 12.9. The van der Waals surface area contributed by atoms with Gasteiger partial charge in [0.25, 0.3) is 10.0 Å². The molecular formula is C13H18N4O2S. The summed E-state index contributed by atoms with van der Waals surface area (Å²) >= 11 is 0. The number of rotatable bonds is 3. The minimum Gasteiger partial charge on any atom is -0.371 e. The van der Waals surface area contributed by atoms with Gasteiger partial charge in [0.1, 0.15) is 5.65 Å². The Morgan fingerprint density at radius 3 is 2.65 bits per heavy atom. The maximum absolute atomic E-state index is 12.9. The Kier molecular flexibility index (Phi) is 3.39. The second kappa shape index (κ2) is 5.06. The Labute approximate surface area is 118 Å². The first kappa shape index (κ1) is 13.4. The quantitative estimate of drug-likeness (QED) is 0.932. The van der Waals surface area contributed by atoms with Gasteiger partial charge in [0, 0.05) is 26.3 Å². The zero-order chi connectivity index (χ0) is 14.2. The second-order valence-electron chi connectivity index (χ2n) is 4.91. The van der Waals surface area contributed by atoms with Gasteiger partial charge in [-0.1, -0.05) is 12.5 Å². The van der Waals surface area contributed by atoms with Gasteiger partial charge in [-0.25, -0.2) is 13.4 Å². The van der Waals surface area contributed by atoms with E-state index < -0.39 is 10.0 Å². The fourth-order valence-electron chi connectivity index (χ4n) is 2.61. The van der Waals surface area contributed by atoms with Gasteiger partial charge < -0.3 is 5.32 Å². The topological polar surface area (TPSA) is 66.7 Å². The lowest BCUT2D eigenvalue weighted by atomic mass is 10.2. The van der Waals surface area contributed by atoms with E-state index in [1.54, 1.807) is 28.0 Å². The van der Waals surface area contributed by atoms with Gasteiger partial charge in [0.05, 0.1) is 0 Å². The van der Waals surface area contributed by atoms with Crippen molar-refractivity contribution in [2.75, 3.05) is 25.5 Å². The van der Waals surface area contributed by atoms with Gasteiger partial charge in [-0.3, -0.25) is 4.40 Å². The second-order valence-corrected chi connectivity index (χ2v) is 6.76. The number of nitrogens with one attached hydrogen (secondary N) is 1. The molecule has 2 aromatic heterocycles. The van der Waals surface area contributed by atoms with Gasteiger partial charge in [0.2, 0.25) is 0 Å². The summed E-state index contributed by atoms with van der Waals surface area (Å²) < 4.78 is 28.9. The van der Waals surface area contributed by atoms with Crippen LogP contribution in [0.4, 0.5) is 5.82 Å². The van der Waals surface area contributed by atoms with Crippen LogP contribution in [0.15, 0.2) is 29.4 Å². The number of piperidine rings is 1. The fourth-order valence-corrected chi connectivity index (χ4v) is 4.39. The highest BCUT2D eigenvalue weighted by atomic mass is 32.2. The monoisotopic (exact) mass is 294 g/mol. The summed E-state index contributed by atoms with van der Waals surface area (Å²) in [6, 6.07) is 5.46. The van der Waals surface area contributed by atoms with Crippen LogP contribution < -0.4 is 5.32 Å². The first-order valence-electron chi connectivity index (χ1n) is 6.79. The number of anilines is 1. The van der Waals surface area contributed by atoms with Crippen molar-refractivity contribution in [3.63, 3.8) is 0 Å². The lowest BCUT2D eigenvalue weighted by Crippen LogP contribution is -2.36. The van der Waals surface area contributed by atoms with Crippen LogP contribution in [0.25, 0.3) is 5.65 Å². The number of aromatic nitrogens is 2. The first-order valence-corrected chi connectivity index (χ1v) is 8.23. The normalized spacial score (nSPS) is 17.4. The molecule has 2 aromatic rings. The molecule has 1 N–H and O–H groups in total. The molecule has 0 saturated carbocycles. The number of pyridine rings is 1. The lowest BCUT2D eigenvalue weighted by Gasteiger charge is -2.25. The molecule has 1 aliphatic heterocycles. The van der Waals surface area contributed by atoms with Crippen molar-refractivity contribution >= 4 is 21.5 Å². The predicted octanol–water partition coefficient (Wildman–Crippen LogP) is 1.55. The summed E-state index contributed by atoms with van der Waals surface area (Å²) in [6.07, 6.45) is 4.67. The van der Waals surface area contributed by atoms with Gasteiger partial charge in [-0.05, 0) is 25.0 Å². The summed E-state index contributed by atoms with van der Waals surface area (Å²) in [4.78, 5) is 4.34. The SMILES string of the molecule is CNc1nc2ccccn2c1S(=O)(=O)N1CCCCC1. The van der Waals surface area contributed by atoms with Crippen LogP contribution in [0.3, 0.4) is 0 Å². The minimum atomic E-state index is -3.52. The van der Waals surface area contributed by atoms with Crippen molar-refractivity contribution in [2.24, 2.45) is 0 Å². The molecule has 1 aliphatic rings. The molecule has 0 radical (unpaired) electrons. The van der Waals surface area contributed by atoms with Crippen LogP contribution in [0.5, 0.6) is 0 Å². The molecule has 3 rings (SSSR count). The number of sulfonamides is 1. The third-order valence-corrected chi connectivity index (χ3v) is 5.55. The van der Waals surface area contributed by atoms with E-state index in [4.69, 9.17) is 0 Å². The molecule has 0 amide bonds. The van der Waals surface area contributed by atoms with Crippen LogP contribution >= 0.6 is 0 Å². The van der Waals surface area contributed by atoms with E-state index in [0.717, 1.165) is 19.3 Å². The Hall–Kier alpha value is -1.60. The number of imidazole rings is 1. The molecule has 0 aliphatic carbocycles. The maximum Gasteiger partial charge on any atom is 0.262 e. The molecule has 0 spiro atoms. The lowest BCUT2D eigenvalue weighted by molar-refractivity contribution is 0.345. The third kappa shape index (κ3) is 2.06. The smallest absolute Gasteiger partial charge is 0.262 e. The summed E-state index contributed by atoms with van der Waals surface area (Å²) in [7, 11) is -1.83. The van der Waals surface area contributed by atoms with E-state index in [2.05, 4.69) is 10.3 Å². The zero-order valence-corrected chi connectivity index (χ0v) is 12.2. The van der Waals surface area contributed by atoms with Gasteiger partial charge in [-0.15, -0.1) is 0 Å². The van der Waals surface area contributed by atoms with Crippen molar-refractivity contribution in [1.29, 1.82) is 0 Å². The summed E-state index contributed by atoms with van der Waals surface area (Å²) in [6.45, 7) is 1.18. The molecular weight excluding hydrogens is 276 g/mol. The summed E-state index contributed by atoms with van der Waals surface area (Å²) in [5, 5.41) is 3.13. The molecule has 0 atom stereocenters. The van der Waals surface area contributed by atoms with E-state index in [1.807, 2.05) is 12.1 Å². The van der Waals surface area contributed by atoms with Crippen LogP contribution in [0.1, 0.15) is 19.3 Å². The Balaban J connectivity index is 2.17. The van der Waals surface area contributed by atoms with Crippen molar-refractivity contribution in [3.8, 4) is 0 Å². The molecule has 1 fully saturated rings. The zero-order valence-electron chi connectivity index (χ0n) is 11.4. The number of hydrogen-bond acceptors (Lipinski definition) is 4. The largest absolute Gasteiger partial charge is 0.371 e. The fraction of sp³-hybridized carbons (Fsp3) is 0.462. The Morgan fingerprint density at radius 2 is 1.95 bits per heavy atom. The van der Waals surface area contributed by atoms with Gasteiger partial charge >= 0.3 is 0 Å². The van der Waals surface area contributed by atoms with Crippen molar-refractivity contribution in [1.82, 2.24) is 13.7 Å². The summed E-state index contributed by atoms with van der Waals surface area (Å²) in [5.74, 6) is 0.404. The predicted molar refractivity (Wildman–Crippen MR) is 77.3 cm³/mol. The van der Waals surface area contributed by atoms with E-state index >= 15 is 0 Å². The van der Waals surface area contributed by atoms with Crippen LogP contribution in [0, 0.1) is 0 Å². The van der Waals surface area contributed by atoms with E-state index in [-0.39, 0.29) is 5.03 Å². The third-order valence-electron chi connectivity index (χ3n) is 3.62. The molecule has 0 bridgehead atoms. The Bertz CT molecular complexity index is 717. The highest BCUT2D eigenvalue weighted by Gasteiger charge is 2.31. The minimum absolute atomic E-state index is 0.234. The highest BCUT2D eigenvalue weighted by molar-refractivity contribution is 7.89. The van der Waals surface area contributed by atoms with Crippen LogP contribution in [-0.2, 0) is 10.0 Å². The average Bonchev–Trinajstić information content (AvgIpc) is 2.87. The molecule has 7 heteroatoms. The van der Waals surface area contributed by atoms with Gasteiger partial charge in [0.15, 0.2) is 10.8 Å². The van der Waals surface area contributed by atoms with Gasteiger partial charge in [-0.2, -0.15) is 4.31 Å². The molecule has 108 valence electrons. The number of nitrogens with zero attached hydrogens (tertiary/aromatic N) is 3. The van der Waals surface area contributed by atoms with E-state index in [9.17, 15) is 8.42 Å². The first-order chi connectivity index (χ1) is 9.64. The van der Waals surface area contributed by atoms with Crippen molar-refractivity contribution < 1.29 is 8.42 Å². The standard InChI is InChI=1S/C13H18N4O2S/c1-14-12-13(17-10-6-3-7-11(17)15-12)20(18,19)16-8-4-2-5-9-16/h3,6-7,10,14H,2,4-5,8-9H2,1H3. The van der Waals surface area contributed by atoms with Crippen LogP contribution in [-0.4, -0.2) is 42.2 Å². The van der Waals surface area contributed by atoms with Crippen LogP contribution in [0.2, 0.25) is 0 Å². The molecule has 0 unspecified atom stereocenters. The van der Waals surface area contributed by atoms with Crippen molar-refractivity contribution in [3.05, 3.63) is 24.4 Å². The molecule has 20 heavy (non-hydrogen) atoms. The van der Waals surface area contributed by atoms with E-state index in [1.165, 1.54) is 0 Å². The van der Waals surface area contributed by atoms with E-state index in [0.29, 0.717) is 24.6 Å². The highest BCUT2D eigenvalue weighted by Crippen LogP contribution is 2.27. The molecule has 0 aromatic carbocycles. The molecule has 3 heterocycles. The number of hydrogen-bond donors (Lipinski definition) is 1. The Morgan fingerprint density at radius 1 is 1.20 bits per heavy atom. The van der Waals surface area contributed by atoms with Crippen molar-refractivity contribution in [2.45, 2.75) is 24.3 Å². The number of fused-ring (bicyclic) bond motifs is 1.